The van der Waals surface area contributed by atoms with Gasteiger partial charge in [-0.1, -0.05) is 23.8 Å². The number of amides is 1. The molecule has 0 saturated heterocycles. The lowest BCUT2D eigenvalue weighted by atomic mass is 10.1. The molecule has 1 amide bonds. The standard InChI is InChI=1S/C19H23NOS/c1-13-5-8-18(16(4)11-13)20-19(21)9-10-22-17-7-6-14(2)15(3)12-17/h5-8,11-12H,9-10H2,1-4H3,(H,20,21). The molecule has 22 heavy (non-hydrogen) atoms. The summed E-state index contributed by atoms with van der Waals surface area (Å²) in [6, 6.07) is 12.5. The lowest BCUT2D eigenvalue weighted by Crippen LogP contribution is -2.13. The van der Waals surface area contributed by atoms with Gasteiger partial charge in [0.2, 0.25) is 5.91 Å². The second kappa shape index (κ2) is 7.50. The fourth-order valence-electron chi connectivity index (χ4n) is 2.23. The molecule has 2 nitrogen and oxygen atoms in total. The van der Waals surface area contributed by atoms with E-state index in [0.717, 1.165) is 17.0 Å². The first-order valence-electron chi connectivity index (χ1n) is 7.53. The van der Waals surface area contributed by atoms with Crippen LogP contribution in [0.3, 0.4) is 0 Å². The molecule has 0 aromatic heterocycles. The van der Waals surface area contributed by atoms with Crippen molar-refractivity contribution in [3.8, 4) is 0 Å². The molecule has 0 heterocycles. The number of nitrogens with one attached hydrogen (secondary N) is 1. The van der Waals surface area contributed by atoms with E-state index in [-0.39, 0.29) is 5.91 Å². The number of benzene rings is 2. The van der Waals surface area contributed by atoms with Gasteiger partial charge < -0.3 is 5.32 Å². The highest BCUT2D eigenvalue weighted by molar-refractivity contribution is 7.99. The van der Waals surface area contributed by atoms with Crippen LogP contribution in [0.4, 0.5) is 5.69 Å². The van der Waals surface area contributed by atoms with Crippen LogP contribution in [0.2, 0.25) is 0 Å². The molecular formula is C19H23NOS. The Morgan fingerprint density at radius 1 is 0.955 bits per heavy atom. The van der Waals surface area contributed by atoms with Crippen molar-refractivity contribution in [2.75, 3.05) is 11.1 Å². The van der Waals surface area contributed by atoms with Crippen molar-refractivity contribution in [2.24, 2.45) is 0 Å². The van der Waals surface area contributed by atoms with Gasteiger partial charge in [-0.3, -0.25) is 4.79 Å². The first-order chi connectivity index (χ1) is 10.5. The summed E-state index contributed by atoms with van der Waals surface area (Å²) < 4.78 is 0. The number of carbonyl (C=O) groups excluding carboxylic acids is 1. The first kappa shape index (κ1) is 16.6. The average Bonchev–Trinajstić information content (AvgIpc) is 2.46. The molecule has 3 heteroatoms. The van der Waals surface area contributed by atoms with E-state index < -0.39 is 0 Å². The first-order valence-corrected chi connectivity index (χ1v) is 8.51. The predicted octanol–water partition coefficient (Wildman–Crippen LogP) is 5.04. The highest BCUT2D eigenvalue weighted by atomic mass is 32.2. The van der Waals surface area contributed by atoms with Crippen LogP contribution in [0.15, 0.2) is 41.3 Å². The third-order valence-corrected chi connectivity index (χ3v) is 4.73. The van der Waals surface area contributed by atoms with Crippen molar-refractivity contribution in [1.82, 2.24) is 0 Å². The van der Waals surface area contributed by atoms with Gasteiger partial charge in [0.1, 0.15) is 0 Å². The van der Waals surface area contributed by atoms with E-state index in [1.165, 1.54) is 21.6 Å². The van der Waals surface area contributed by atoms with Crippen molar-refractivity contribution < 1.29 is 4.79 Å². The molecule has 0 bridgehead atoms. The second-order valence-corrected chi connectivity index (χ2v) is 6.88. The molecule has 0 radical (unpaired) electrons. The number of hydrogen-bond acceptors (Lipinski definition) is 2. The summed E-state index contributed by atoms with van der Waals surface area (Å²) in [5, 5.41) is 2.99. The van der Waals surface area contributed by atoms with E-state index in [0.29, 0.717) is 6.42 Å². The molecule has 2 aromatic rings. The Balaban J connectivity index is 1.83. The van der Waals surface area contributed by atoms with Crippen molar-refractivity contribution in [2.45, 2.75) is 39.0 Å². The van der Waals surface area contributed by atoms with Crippen molar-refractivity contribution in [3.05, 3.63) is 58.7 Å². The number of thioether (sulfide) groups is 1. The molecular weight excluding hydrogens is 290 g/mol. The summed E-state index contributed by atoms with van der Waals surface area (Å²) in [7, 11) is 0. The van der Waals surface area contributed by atoms with Crippen LogP contribution in [0.5, 0.6) is 0 Å². The Morgan fingerprint density at radius 3 is 2.41 bits per heavy atom. The molecule has 116 valence electrons. The highest BCUT2D eigenvalue weighted by Gasteiger charge is 2.05. The largest absolute Gasteiger partial charge is 0.326 e. The molecule has 0 saturated carbocycles. The lowest BCUT2D eigenvalue weighted by molar-refractivity contribution is -0.115. The van der Waals surface area contributed by atoms with Gasteiger partial charge in [-0.15, -0.1) is 11.8 Å². The summed E-state index contributed by atoms with van der Waals surface area (Å²) in [6.07, 6.45) is 0.519. The minimum Gasteiger partial charge on any atom is -0.326 e. The van der Waals surface area contributed by atoms with Crippen molar-refractivity contribution >= 4 is 23.4 Å². The molecule has 0 aliphatic carbocycles. The summed E-state index contributed by atoms with van der Waals surface area (Å²) in [6.45, 7) is 8.30. The van der Waals surface area contributed by atoms with E-state index >= 15 is 0 Å². The number of rotatable bonds is 5. The average molecular weight is 313 g/mol. The van der Waals surface area contributed by atoms with E-state index in [4.69, 9.17) is 0 Å². The van der Waals surface area contributed by atoms with Crippen molar-refractivity contribution in [3.63, 3.8) is 0 Å². The number of hydrogen-bond donors (Lipinski definition) is 1. The van der Waals surface area contributed by atoms with E-state index in [2.05, 4.69) is 50.4 Å². The summed E-state index contributed by atoms with van der Waals surface area (Å²) in [4.78, 5) is 13.3. The van der Waals surface area contributed by atoms with Gasteiger partial charge in [-0.2, -0.15) is 0 Å². The van der Waals surface area contributed by atoms with Crippen molar-refractivity contribution in [1.29, 1.82) is 0 Å². The minimum atomic E-state index is 0.0725. The third-order valence-electron chi connectivity index (χ3n) is 3.73. The topological polar surface area (TPSA) is 29.1 Å². The monoisotopic (exact) mass is 313 g/mol. The zero-order valence-corrected chi connectivity index (χ0v) is 14.5. The van der Waals surface area contributed by atoms with E-state index in [9.17, 15) is 4.79 Å². The Kier molecular flexibility index (Phi) is 5.67. The van der Waals surface area contributed by atoms with Crippen LogP contribution >= 0.6 is 11.8 Å². The SMILES string of the molecule is Cc1ccc(NC(=O)CCSc2ccc(C)c(C)c2)c(C)c1. The van der Waals surface area contributed by atoms with Crippen LogP contribution in [-0.2, 0) is 4.79 Å². The maximum Gasteiger partial charge on any atom is 0.225 e. The van der Waals surface area contributed by atoms with Gasteiger partial charge in [-0.05, 0) is 62.6 Å². The Morgan fingerprint density at radius 2 is 1.73 bits per heavy atom. The van der Waals surface area contributed by atoms with E-state index in [1.54, 1.807) is 11.8 Å². The van der Waals surface area contributed by atoms with Crippen LogP contribution in [-0.4, -0.2) is 11.7 Å². The van der Waals surface area contributed by atoms with Crippen LogP contribution in [0.25, 0.3) is 0 Å². The molecule has 1 N–H and O–H groups in total. The Bertz CT molecular complexity index is 679. The van der Waals surface area contributed by atoms with Gasteiger partial charge in [0.05, 0.1) is 0 Å². The molecule has 0 unspecified atom stereocenters. The maximum atomic E-state index is 12.0. The number of anilines is 1. The highest BCUT2D eigenvalue weighted by Crippen LogP contribution is 2.22. The molecule has 0 aliphatic heterocycles. The number of aryl methyl sites for hydroxylation is 4. The quantitative estimate of drug-likeness (QED) is 0.783. The Hall–Kier alpha value is -1.74. The summed E-state index contributed by atoms with van der Waals surface area (Å²) >= 11 is 1.73. The predicted molar refractivity (Wildman–Crippen MR) is 95.8 cm³/mol. The van der Waals surface area contributed by atoms with Crippen LogP contribution in [0.1, 0.15) is 28.7 Å². The zero-order valence-electron chi connectivity index (χ0n) is 13.7. The molecule has 0 spiro atoms. The fraction of sp³-hybridized carbons (Fsp3) is 0.316. The normalized spacial score (nSPS) is 10.5. The van der Waals surface area contributed by atoms with Crippen LogP contribution < -0.4 is 5.32 Å². The zero-order chi connectivity index (χ0) is 16.1. The third kappa shape index (κ3) is 4.63. The fourth-order valence-corrected chi connectivity index (χ4v) is 3.18. The summed E-state index contributed by atoms with van der Waals surface area (Å²) in [5.74, 6) is 0.863. The smallest absolute Gasteiger partial charge is 0.225 e. The Labute approximate surface area is 137 Å². The summed E-state index contributed by atoms with van der Waals surface area (Å²) in [5.41, 5.74) is 5.82. The second-order valence-electron chi connectivity index (χ2n) is 5.71. The lowest BCUT2D eigenvalue weighted by Gasteiger charge is -2.09. The van der Waals surface area contributed by atoms with E-state index in [1.807, 2.05) is 19.1 Å². The van der Waals surface area contributed by atoms with Gasteiger partial charge in [0, 0.05) is 22.8 Å². The van der Waals surface area contributed by atoms with Crippen LogP contribution in [0, 0.1) is 27.7 Å². The maximum absolute atomic E-state index is 12.0. The van der Waals surface area contributed by atoms with Gasteiger partial charge in [0.25, 0.3) is 0 Å². The molecule has 2 rings (SSSR count). The molecule has 0 fully saturated rings. The van der Waals surface area contributed by atoms with Gasteiger partial charge >= 0.3 is 0 Å². The van der Waals surface area contributed by atoms with Gasteiger partial charge in [-0.25, -0.2) is 0 Å². The molecule has 2 aromatic carbocycles. The number of carbonyl (C=O) groups is 1. The molecule has 0 aliphatic rings. The molecule has 0 atom stereocenters. The van der Waals surface area contributed by atoms with Gasteiger partial charge in [0.15, 0.2) is 0 Å². The minimum absolute atomic E-state index is 0.0725.